The maximum atomic E-state index is 12.5. The zero-order valence-electron chi connectivity index (χ0n) is 12.7. The predicted molar refractivity (Wildman–Crippen MR) is 80.4 cm³/mol. The van der Waals surface area contributed by atoms with E-state index in [9.17, 15) is 18.0 Å². The second-order valence-corrected chi connectivity index (χ2v) is 5.76. The van der Waals surface area contributed by atoms with Crippen molar-refractivity contribution >= 4 is 5.82 Å². The summed E-state index contributed by atoms with van der Waals surface area (Å²) in [4.78, 5) is 11.8. The third kappa shape index (κ3) is 3.72. The molecule has 0 spiro atoms. The van der Waals surface area contributed by atoms with Crippen molar-refractivity contribution in [2.24, 2.45) is 0 Å². The molecule has 2 aromatic heterocycles. The summed E-state index contributed by atoms with van der Waals surface area (Å²) < 4.78 is 38.9. The Labute approximate surface area is 135 Å². The van der Waals surface area contributed by atoms with E-state index >= 15 is 0 Å². The fourth-order valence-electron chi connectivity index (χ4n) is 2.88. The number of nitrogens with zero attached hydrogens (tertiary/aromatic N) is 4. The van der Waals surface area contributed by atoms with Crippen LogP contribution >= 0.6 is 0 Å². The van der Waals surface area contributed by atoms with Crippen LogP contribution in [-0.2, 0) is 6.18 Å². The van der Waals surface area contributed by atoms with E-state index in [1.54, 1.807) is 12.3 Å². The van der Waals surface area contributed by atoms with Crippen molar-refractivity contribution < 1.29 is 13.2 Å². The summed E-state index contributed by atoms with van der Waals surface area (Å²) in [5, 5.41) is 14.0. The summed E-state index contributed by atoms with van der Waals surface area (Å²) in [5.74, 6) is 0.321. The Morgan fingerprint density at radius 1 is 1.08 bits per heavy atom. The van der Waals surface area contributed by atoms with Gasteiger partial charge in [-0.25, -0.2) is 4.68 Å². The van der Waals surface area contributed by atoms with E-state index in [0.29, 0.717) is 5.82 Å². The maximum Gasteiger partial charge on any atom is 0.435 e. The van der Waals surface area contributed by atoms with E-state index in [2.05, 4.69) is 20.6 Å². The van der Waals surface area contributed by atoms with Crippen molar-refractivity contribution in [3.05, 3.63) is 46.5 Å². The fraction of sp³-hybridized carbons (Fsp3) is 0.467. The van der Waals surface area contributed by atoms with E-state index in [-0.39, 0.29) is 17.6 Å². The Bertz CT molecular complexity index is 736. The quantitative estimate of drug-likeness (QED) is 0.931. The molecule has 9 heteroatoms. The average Bonchev–Trinajstić information content (AvgIpc) is 2.56. The minimum Gasteiger partial charge on any atom is -0.366 e. The molecule has 1 aliphatic carbocycles. The Balaban J connectivity index is 1.58. The molecule has 0 amide bonds. The van der Waals surface area contributed by atoms with E-state index in [0.717, 1.165) is 31.7 Å². The molecule has 24 heavy (non-hydrogen) atoms. The topological polar surface area (TPSA) is 72.7 Å². The third-order valence-electron chi connectivity index (χ3n) is 4.09. The SMILES string of the molecule is O=c1cccnn1C1CCC(Nc2ccc(C(F)(F)F)nn2)CC1. The fourth-order valence-corrected chi connectivity index (χ4v) is 2.88. The third-order valence-corrected chi connectivity index (χ3v) is 4.09. The number of halogens is 3. The molecule has 1 fully saturated rings. The van der Waals surface area contributed by atoms with Gasteiger partial charge in [0.15, 0.2) is 5.69 Å². The van der Waals surface area contributed by atoms with E-state index in [1.807, 2.05) is 0 Å². The number of rotatable bonds is 3. The van der Waals surface area contributed by atoms with Gasteiger partial charge in [-0.3, -0.25) is 4.79 Å². The van der Waals surface area contributed by atoms with Crippen LogP contribution in [0.3, 0.4) is 0 Å². The first-order valence-electron chi connectivity index (χ1n) is 7.65. The molecule has 2 aromatic rings. The highest BCUT2D eigenvalue weighted by Gasteiger charge is 2.33. The summed E-state index contributed by atoms with van der Waals surface area (Å²) in [6, 6.07) is 5.42. The number of nitrogens with one attached hydrogen (secondary N) is 1. The molecule has 2 heterocycles. The molecule has 0 aromatic carbocycles. The summed E-state index contributed by atoms with van der Waals surface area (Å²) in [6.45, 7) is 0. The number of anilines is 1. The minimum atomic E-state index is -4.49. The van der Waals surface area contributed by atoms with Crippen LogP contribution in [0.15, 0.2) is 35.3 Å². The van der Waals surface area contributed by atoms with Gasteiger partial charge < -0.3 is 5.32 Å². The van der Waals surface area contributed by atoms with Gasteiger partial charge in [0.05, 0.1) is 6.04 Å². The first-order chi connectivity index (χ1) is 11.4. The van der Waals surface area contributed by atoms with Crippen LogP contribution in [-0.4, -0.2) is 26.0 Å². The van der Waals surface area contributed by atoms with E-state index < -0.39 is 11.9 Å². The monoisotopic (exact) mass is 339 g/mol. The van der Waals surface area contributed by atoms with E-state index in [1.165, 1.54) is 16.8 Å². The summed E-state index contributed by atoms with van der Waals surface area (Å²) in [5.41, 5.74) is -1.13. The maximum absolute atomic E-state index is 12.5. The lowest BCUT2D eigenvalue weighted by Gasteiger charge is -2.29. The summed E-state index contributed by atoms with van der Waals surface area (Å²) in [6.07, 6.45) is 0.182. The van der Waals surface area contributed by atoms with Crippen molar-refractivity contribution in [3.8, 4) is 0 Å². The van der Waals surface area contributed by atoms with Gasteiger partial charge in [-0.15, -0.1) is 10.2 Å². The van der Waals surface area contributed by atoms with Gasteiger partial charge in [-0.2, -0.15) is 18.3 Å². The number of hydrogen-bond acceptors (Lipinski definition) is 5. The van der Waals surface area contributed by atoms with Crippen molar-refractivity contribution in [3.63, 3.8) is 0 Å². The van der Waals surface area contributed by atoms with Gasteiger partial charge in [0.2, 0.25) is 0 Å². The number of alkyl halides is 3. The minimum absolute atomic E-state index is 0.0513. The van der Waals surface area contributed by atoms with Crippen LogP contribution in [0.25, 0.3) is 0 Å². The first-order valence-corrected chi connectivity index (χ1v) is 7.65. The van der Waals surface area contributed by atoms with Crippen LogP contribution < -0.4 is 10.9 Å². The van der Waals surface area contributed by atoms with Crippen molar-refractivity contribution in [1.82, 2.24) is 20.0 Å². The molecule has 0 atom stereocenters. The normalized spacial score (nSPS) is 21.5. The zero-order chi connectivity index (χ0) is 17.2. The smallest absolute Gasteiger partial charge is 0.366 e. The van der Waals surface area contributed by atoms with Gasteiger partial charge in [0.1, 0.15) is 5.82 Å². The molecule has 1 N–H and O–H groups in total. The molecule has 6 nitrogen and oxygen atoms in total. The van der Waals surface area contributed by atoms with Gasteiger partial charge in [0, 0.05) is 18.3 Å². The lowest BCUT2D eigenvalue weighted by Crippen LogP contribution is -2.33. The molecule has 0 saturated heterocycles. The van der Waals surface area contributed by atoms with Gasteiger partial charge in [-0.05, 0) is 43.9 Å². The summed E-state index contributed by atoms with van der Waals surface area (Å²) in [7, 11) is 0. The molecule has 128 valence electrons. The largest absolute Gasteiger partial charge is 0.435 e. The van der Waals surface area contributed by atoms with Crippen LogP contribution in [0.4, 0.5) is 19.0 Å². The van der Waals surface area contributed by atoms with Crippen LogP contribution in [0, 0.1) is 0 Å². The highest BCUT2D eigenvalue weighted by molar-refractivity contribution is 5.34. The summed E-state index contributed by atoms with van der Waals surface area (Å²) >= 11 is 0. The molecule has 0 unspecified atom stereocenters. The van der Waals surface area contributed by atoms with Crippen molar-refractivity contribution in [2.75, 3.05) is 5.32 Å². The first kappa shape index (κ1) is 16.4. The molecule has 1 aliphatic rings. The van der Waals surface area contributed by atoms with Gasteiger partial charge in [0.25, 0.3) is 5.56 Å². The van der Waals surface area contributed by atoms with Crippen molar-refractivity contribution in [1.29, 1.82) is 0 Å². The molecular weight excluding hydrogens is 323 g/mol. The second-order valence-electron chi connectivity index (χ2n) is 5.76. The predicted octanol–water partition coefficient (Wildman–Crippen LogP) is 2.65. The average molecular weight is 339 g/mol. The molecule has 0 radical (unpaired) electrons. The van der Waals surface area contributed by atoms with Crippen molar-refractivity contribution in [2.45, 2.75) is 43.9 Å². The van der Waals surface area contributed by atoms with E-state index in [4.69, 9.17) is 0 Å². The van der Waals surface area contributed by atoms with Crippen LogP contribution in [0.1, 0.15) is 37.4 Å². The molecule has 1 saturated carbocycles. The lowest BCUT2D eigenvalue weighted by molar-refractivity contribution is -0.141. The Morgan fingerprint density at radius 3 is 2.42 bits per heavy atom. The second kappa shape index (κ2) is 6.58. The zero-order valence-corrected chi connectivity index (χ0v) is 12.7. The highest BCUT2D eigenvalue weighted by Crippen LogP contribution is 2.29. The molecule has 3 rings (SSSR count). The van der Waals surface area contributed by atoms with Gasteiger partial charge >= 0.3 is 6.18 Å². The number of aromatic nitrogens is 4. The standard InChI is InChI=1S/C15H16F3N5O/c16-15(17,18)12-7-8-13(22-21-12)20-10-3-5-11(6-4-10)23-14(24)2-1-9-19-23/h1-2,7-11H,3-6H2,(H,20,22). The molecule has 0 bridgehead atoms. The molecular formula is C15H16F3N5O. The Hall–Kier alpha value is -2.45. The van der Waals surface area contributed by atoms with Gasteiger partial charge in [-0.1, -0.05) is 0 Å². The Morgan fingerprint density at radius 2 is 1.83 bits per heavy atom. The van der Waals surface area contributed by atoms with Crippen LogP contribution in [0.2, 0.25) is 0 Å². The lowest BCUT2D eigenvalue weighted by atomic mass is 9.91. The van der Waals surface area contributed by atoms with Crippen LogP contribution in [0.5, 0.6) is 0 Å². The molecule has 0 aliphatic heterocycles. The highest BCUT2D eigenvalue weighted by atomic mass is 19.4. The Kier molecular flexibility index (Phi) is 4.50. The number of hydrogen-bond donors (Lipinski definition) is 1.